The van der Waals surface area contributed by atoms with Gasteiger partial charge in [0, 0.05) is 17.4 Å². The fraction of sp³-hybridized carbons (Fsp3) is 0.400. The van der Waals surface area contributed by atoms with Crippen LogP contribution in [0, 0.1) is 13.8 Å². The third kappa shape index (κ3) is 4.64. The number of imidazole rings is 1. The van der Waals surface area contributed by atoms with Gasteiger partial charge in [0.25, 0.3) is 0 Å². The molecule has 0 aliphatic carbocycles. The first-order valence-corrected chi connectivity index (χ1v) is 10.5. The van der Waals surface area contributed by atoms with Crippen LogP contribution in [-0.2, 0) is 19.4 Å². The van der Waals surface area contributed by atoms with Crippen LogP contribution in [0.15, 0.2) is 54.9 Å². The van der Waals surface area contributed by atoms with E-state index in [4.69, 9.17) is 0 Å². The lowest BCUT2D eigenvalue weighted by Crippen LogP contribution is -2.36. The first-order valence-electron chi connectivity index (χ1n) is 10.5. The van der Waals surface area contributed by atoms with Crippen molar-refractivity contribution in [3.63, 3.8) is 0 Å². The summed E-state index contributed by atoms with van der Waals surface area (Å²) in [5.74, 6) is 0. The van der Waals surface area contributed by atoms with Gasteiger partial charge in [0.2, 0.25) is 0 Å². The summed E-state index contributed by atoms with van der Waals surface area (Å²) in [6.45, 7) is 9.75. The van der Waals surface area contributed by atoms with Gasteiger partial charge >= 0.3 is 0 Å². The minimum atomic E-state index is 0.475. The molecule has 1 atom stereocenters. The van der Waals surface area contributed by atoms with Gasteiger partial charge in [-0.2, -0.15) is 0 Å². The van der Waals surface area contributed by atoms with Gasteiger partial charge in [-0.1, -0.05) is 56.3 Å². The molecule has 1 unspecified atom stereocenters. The van der Waals surface area contributed by atoms with Crippen LogP contribution in [0.4, 0.5) is 5.69 Å². The molecule has 1 aromatic heterocycles. The van der Waals surface area contributed by atoms with Crippen molar-refractivity contribution < 1.29 is 0 Å². The Morgan fingerprint density at radius 1 is 1.00 bits per heavy atom. The van der Waals surface area contributed by atoms with Crippen LogP contribution in [-0.4, -0.2) is 16.0 Å². The van der Waals surface area contributed by atoms with E-state index in [2.05, 4.69) is 91.1 Å². The summed E-state index contributed by atoms with van der Waals surface area (Å²) in [5, 5.41) is 0. The van der Waals surface area contributed by atoms with Crippen molar-refractivity contribution in [2.24, 2.45) is 0 Å². The summed E-state index contributed by atoms with van der Waals surface area (Å²) in [7, 11) is 0. The Morgan fingerprint density at radius 2 is 1.79 bits per heavy atom. The molecular weight excluding hydrogens is 342 g/mol. The fourth-order valence-electron chi connectivity index (χ4n) is 4.09. The first kappa shape index (κ1) is 20.2. The number of aromatic nitrogens is 2. The molecule has 0 amide bonds. The predicted molar refractivity (Wildman–Crippen MR) is 119 cm³/mol. The minimum Gasteiger partial charge on any atom is -0.362 e. The SMILES string of the molecule is CCc1c(C)cccc1N(Cc1nc[nH]c1C)C(CC)CCc1ccccc1. The lowest BCUT2D eigenvalue weighted by molar-refractivity contribution is 0.528. The largest absolute Gasteiger partial charge is 0.362 e. The topological polar surface area (TPSA) is 31.9 Å². The third-order valence-electron chi connectivity index (χ3n) is 5.82. The number of rotatable bonds is 9. The molecule has 0 bridgehead atoms. The predicted octanol–water partition coefficient (Wildman–Crippen LogP) is 6.01. The Morgan fingerprint density at radius 3 is 2.43 bits per heavy atom. The molecule has 28 heavy (non-hydrogen) atoms. The van der Waals surface area contributed by atoms with Crippen molar-refractivity contribution in [1.29, 1.82) is 0 Å². The first-order chi connectivity index (χ1) is 13.6. The standard InChI is InChI=1S/C25H33N3/c1-5-22(16-15-21-12-8-7-9-13-21)28(17-24-20(4)26-18-27-24)25-14-10-11-19(3)23(25)6-2/h7-14,18,22H,5-6,15-17H2,1-4H3,(H,26,27). The van der Waals surface area contributed by atoms with Gasteiger partial charge in [0.1, 0.15) is 0 Å². The van der Waals surface area contributed by atoms with E-state index in [-0.39, 0.29) is 0 Å². The summed E-state index contributed by atoms with van der Waals surface area (Å²) in [6, 6.07) is 18.0. The molecule has 0 saturated carbocycles. The molecule has 3 rings (SSSR count). The van der Waals surface area contributed by atoms with Crippen LogP contribution < -0.4 is 4.90 Å². The van der Waals surface area contributed by atoms with Crippen LogP contribution in [0.2, 0.25) is 0 Å². The Bertz CT molecular complexity index is 867. The summed E-state index contributed by atoms with van der Waals surface area (Å²) >= 11 is 0. The molecule has 0 aliphatic rings. The highest BCUT2D eigenvalue weighted by Crippen LogP contribution is 2.30. The van der Waals surface area contributed by atoms with E-state index < -0.39 is 0 Å². The lowest BCUT2D eigenvalue weighted by Gasteiger charge is -2.35. The monoisotopic (exact) mass is 375 g/mol. The molecule has 148 valence electrons. The molecule has 3 nitrogen and oxygen atoms in total. The van der Waals surface area contributed by atoms with E-state index in [0.29, 0.717) is 6.04 Å². The smallest absolute Gasteiger partial charge is 0.0925 e. The number of aromatic amines is 1. The van der Waals surface area contributed by atoms with Gasteiger partial charge in [-0.3, -0.25) is 0 Å². The maximum absolute atomic E-state index is 4.60. The second-order valence-corrected chi connectivity index (χ2v) is 7.61. The maximum atomic E-state index is 4.60. The van der Waals surface area contributed by atoms with Crippen molar-refractivity contribution in [2.45, 2.75) is 66.0 Å². The number of benzene rings is 2. The highest BCUT2D eigenvalue weighted by molar-refractivity contribution is 5.57. The number of hydrogen-bond donors (Lipinski definition) is 1. The van der Waals surface area contributed by atoms with Crippen LogP contribution in [0.3, 0.4) is 0 Å². The number of hydrogen-bond acceptors (Lipinski definition) is 2. The summed E-state index contributed by atoms with van der Waals surface area (Å²) in [4.78, 5) is 10.4. The van der Waals surface area contributed by atoms with E-state index in [1.807, 2.05) is 6.33 Å². The molecule has 0 spiro atoms. The van der Waals surface area contributed by atoms with Crippen LogP contribution >= 0.6 is 0 Å². The van der Waals surface area contributed by atoms with Crippen molar-refractivity contribution in [3.05, 3.63) is 82.9 Å². The fourth-order valence-corrected chi connectivity index (χ4v) is 4.09. The highest BCUT2D eigenvalue weighted by atomic mass is 15.2. The third-order valence-corrected chi connectivity index (χ3v) is 5.82. The number of H-pyrrole nitrogens is 1. The van der Waals surface area contributed by atoms with E-state index in [1.165, 1.54) is 22.4 Å². The number of nitrogens with zero attached hydrogens (tertiary/aromatic N) is 2. The van der Waals surface area contributed by atoms with Crippen LogP contribution in [0.25, 0.3) is 0 Å². The zero-order valence-corrected chi connectivity index (χ0v) is 17.7. The Kier molecular flexibility index (Phi) is 6.91. The molecule has 0 fully saturated rings. The Hall–Kier alpha value is -2.55. The van der Waals surface area contributed by atoms with E-state index >= 15 is 0 Å². The molecule has 3 heteroatoms. The summed E-state index contributed by atoms with van der Waals surface area (Å²) < 4.78 is 0. The Labute approximate surface area is 169 Å². The van der Waals surface area contributed by atoms with Gasteiger partial charge in [0.15, 0.2) is 0 Å². The van der Waals surface area contributed by atoms with E-state index in [0.717, 1.165) is 43.6 Å². The zero-order chi connectivity index (χ0) is 19.9. The van der Waals surface area contributed by atoms with Gasteiger partial charge in [-0.05, 0) is 62.3 Å². The van der Waals surface area contributed by atoms with Crippen molar-refractivity contribution in [2.75, 3.05) is 4.90 Å². The molecule has 3 aromatic rings. The summed E-state index contributed by atoms with van der Waals surface area (Å²) in [6.07, 6.45) is 6.22. The highest BCUT2D eigenvalue weighted by Gasteiger charge is 2.22. The number of anilines is 1. The zero-order valence-electron chi connectivity index (χ0n) is 17.7. The van der Waals surface area contributed by atoms with Gasteiger partial charge < -0.3 is 9.88 Å². The molecule has 0 aliphatic heterocycles. The van der Waals surface area contributed by atoms with Gasteiger partial charge in [-0.25, -0.2) is 4.98 Å². The average Bonchev–Trinajstić information content (AvgIpc) is 3.12. The Balaban J connectivity index is 1.92. The van der Waals surface area contributed by atoms with Crippen molar-refractivity contribution in [3.8, 4) is 0 Å². The van der Waals surface area contributed by atoms with Crippen molar-refractivity contribution in [1.82, 2.24) is 9.97 Å². The molecule has 0 saturated heterocycles. The molecule has 1 heterocycles. The maximum Gasteiger partial charge on any atom is 0.0925 e. The second kappa shape index (κ2) is 9.59. The van der Waals surface area contributed by atoms with Crippen molar-refractivity contribution >= 4 is 5.69 Å². The summed E-state index contributed by atoms with van der Waals surface area (Å²) in [5.41, 5.74) is 7.91. The average molecular weight is 376 g/mol. The molecule has 2 aromatic carbocycles. The van der Waals surface area contributed by atoms with Gasteiger partial charge in [0.05, 0.1) is 18.6 Å². The van der Waals surface area contributed by atoms with Crippen LogP contribution in [0.5, 0.6) is 0 Å². The molecule has 1 N–H and O–H groups in total. The quantitative estimate of drug-likeness (QED) is 0.497. The van der Waals surface area contributed by atoms with E-state index in [9.17, 15) is 0 Å². The number of aryl methyl sites for hydroxylation is 3. The second-order valence-electron chi connectivity index (χ2n) is 7.61. The molecule has 0 radical (unpaired) electrons. The minimum absolute atomic E-state index is 0.475. The normalized spacial score (nSPS) is 12.1. The molecular formula is C25H33N3. The number of nitrogens with one attached hydrogen (secondary N) is 1. The van der Waals surface area contributed by atoms with Crippen LogP contribution in [0.1, 0.15) is 54.8 Å². The van der Waals surface area contributed by atoms with E-state index in [1.54, 1.807) is 0 Å². The lowest BCUT2D eigenvalue weighted by atomic mass is 9.98. The van der Waals surface area contributed by atoms with Gasteiger partial charge in [-0.15, -0.1) is 0 Å².